The molecule has 1 unspecified atom stereocenters. The molecule has 1 fully saturated rings. The fourth-order valence-electron chi connectivity index (χ4n) is 2.36. The third-order valence-electron chi connectivity index (χ3n) is 3.61. The van der Waals surface area contributed by atoms with E-state index in [1.807, 2.05) is 0 Å². The van der Waals surface area contributed by atoms with Gasteiger partial charge in [-0.1, -0.05) is 0 Å². The van der Waals surface area contributed by atoms with Gasteiger partial charge in [-0.15, -0.1) is 0 Å². The van der Waals surface area contributed by atoms with Crippen LogP contribution in [0.15, 0.2) is 0 Å². The maximum Gasteiger partial charge on any atom is 0.406 e. The van der Waals surface area contributed by atoms with Gasteiger partial charge in [0.1, 0.15) is 6.04 Å². The SMILES string of the molecule is Cc1nc([N+](=O)[O-])c(NC(C)C(=O)N2CCCC2)n1C. The van der Waals surface area contributed by atoms with Gasteiger partial charge >= 0.3 is 5.82 Å². The van der Waals surface area contributed by atoms with E-state index in [-0.39, 0.29) is 17.5 Å². The lowest BCUT2D eigenvalue weighted by Gasteiger charge is -2.21. The Balaban J connectivity index is 2.16. The lowest BCUT2D eigenvalue weighted by molar-refractivity contribution is -0.388. The summed E-state index contributed by atoms with van der Waals surface area (Å²) < 4.78 is 1.59. The van der Waals surface area contributed by atoms with Crippen molar-refractivity contribution in [3.05, 3.63) is 15.9 Å². The standard InChI is InChI=1S/C12H19N5O3/c1-8(12(18)16-6-4-5-7-16)13-10-11(17(19)20)14-9(2)15(10)3/h8,13H,4-7H2,1-3H3. The Morgan fingerprint density at radius 3 is 2.60 bits per heavy atom. The Bertz CT molecular complexity index is 533. The van der Waals surface area contributed by atoms with Crippen LogP contribution in [0.5, 0.6) is 0 Å². The van der Waals surface area contributed by atoms with Gasteiger partial charge in [-0.2, -0.15) is 0 Å². The fraction of sp³-hybridized carbons (Fsp3) is 0.667. The van der Waals surface area contributed by atoms with Crippen LogP contribution in [0.1, 0.15) is 25.6 Å². The smallest absolute Gasteiger partial charge is 0.358 e. The van der Waals surface area contributed by atoms with Crippen LogP contribution in [0.2, 0.25) is 0 Å². The Hall–Kier alpha value is -2.12. The molecule has 2 rings (SSSR count). The Labute approximate surface area is 116 Å². The van der Waals surface area contributed by atoms with Crippen molar-refractivity contribution in [1.82, 2.24) is 14.5 Å². The third kappa shape index (κ3) is 2.59. The first-order chi connectivity index (χ1) is 9.41. The zero-order valence-electron chi connectivity index (χ0n) is 11.9. The zero-order chi connectivity index (χ0) is 14.9. The molecule has 2 heterocycles. The Morgan fingerprint density at radius 2 is 2.05 bits per heavy atom. The van der Waals surface area contributed by atoms with E-state index in [4.69, 9.17) is 0 Å². The number of carbonyl (C=O) groups is 1. The molecule has 0 spiro atoms. The predicted octanol–water partition coefficient (Wildman–Crippen LogP) is 1.06. The summed E-state index contributed by atoms with van der Waals surface area (Å²) in [6.45, 7) is 4.92. The van der Waals surface area contributed by atoms with Gasteiger partial charge in [0.25, 0.3) is 0 Å². The van der Waals surface area contributed by atoms with E-state index < -0.39 is 11.0 Å². The predicted molar refractivity (Wildman–Crippen MR) is 73.5 cm³/mol. The molecule has 1 aliphatic rings. The number of nitrogens with one attached hydrogen (secondary N) is 1. The summed E-state index contributed by atoms with van der Waals surface area (Å²) in [4.78, 5) is 28.3. The number of rotatable bonds is 4. The van der Waals surface area contributed by atoms with E-state index in [9.17, 15) is 14.9 Å². The van der Waals surface area contributed by atoms with Crippen molar-refractivity contribution in [2.45, 2.75) is 32.7 Å². The van der Waals surface area contributed by atoms with Crippen LogP contribution in [0.3, 0.4) is 0 Å². The molecule has 0 bridgehead atoms. The fourth-order valence-corrected chi connectivity index (χ4v) is 2.36. The number of carbonyl (C=O) groups excluding carboxylic acids is 1. The van der Waals surface area contributed by atoms with Gasteiger partial charge in [0, 0.05) is 27.1 Å². The summed E-state index contributed by atoms with van der Waals surface area (Å²) in [7, 11) is 1.69. The highest BCUT2D eigenvalue weighted by Crippen LogP contribution is 2.25. The third-order valence-corrected chi connectivity index (χ3v) is 3.61. The summed E-state index contributed by atoms with van der Waals surface area (Å²) in [5.41, 5.74) is 0. The zero-order valence-corrected chi connectivity index (χ0v) is 11.9. The van der Waals surface area contributed by atoms with Gasteiger partial charge in [-0.3, -0.25) is 9.36 Å². The summed E-state index contributed by atoms with van der Waals surface area (Å²) in [5.74, 6) is 0.522. The van der Waals surface area contributed by atoms with Crippen molar-refractivity contribution < 1.29 is 9.72 Å². The van der Waals surface area contributed by atoms with Gasteiger partial charge in [-0.05, 0) is 29.7 Å². The summed E-state index contributed by atoms with van der Waals surface area (Å²) in [6, 6.07) is -0.512. The van der Waals surface area contributed by atoms with Gasteiger partial charge in [-0.25, -0.2) is 0 Å². The minimum Gasteiger partial charge on any atom is -0.358 e. The first kappa shape index (κ1) is 14.3. The number of likely N-dealkylation sites (tertiary alicyclic amines) is 1. The van der Waals surface area contributed by atoms with Crippen molar-refractivity contribution >= 4 is 17.5 Å². The Morgan fingerprint density at radius 1 is 1.45 bits per heavy atom. The summed E-state index contributed by atoms with van der Waals surface area (Å²) in [5, 5.41) is 13.9. The average Bonchev–Trinajstić information content (AvgIpc) is 3.01. The van der Waals surface area contributed by atoms with Crippen molar-refractivity contribution in [2.75, 3.05) is 18.4 Å². The highest BCUT2D eigenvalue weighted by atomic mass is 16.6. The molecule has 0 radical (unpaired) electrons. The van der Waals surface area contributed by atoms with E-state index in [1.54, 1.807) is 30.4 Å². The van der Waals surface area contributed by atoms with E-state index in [1.165, 1.54) is 0 Å². The Kier molecular flexibility index (Phi) is 3.91. The minimum absolute atomic E-state index is 0.0318. The maximum atomic E-state index is 12.2. The second-order valence-corrected chi connectivity index (χ2v) is 5.05. The van der Waals surface area contributed by atoms with Crippen LogP contribution in [-0.4, -0.2) is 44.4 Å². The molecule has 110 valence electrons. The maximum absolute atomic E-state index is 12.2. The van der Waals surface area contributed by atoms with Crippen LogP contribution >= 0.6 is 0 Å². The van der Waals surface area contributed by atoms with Gasteiger partial charge in [0.15, 0.2) is 0 Å². The van der Waals surface area contributed by atoms with Crippen molar-refractivity contribution in [3.8, 4) is 0 Å². The van der Waals surface area contributed by atoms with Crippen LogP contribution in [0, 0.1) is 17.0 Å². The molecule has 0 saturated carbocycles. The van der Waals surface area contributed by atoms with Gasteiger partial charge < -0.3 is 20.3 Å². The van der Waals surface area contributed by atoms with Crippen LogP contribution in [0.4, 0.5) is 11.6 Å². The van der Waals surface area contributed by atoms with E-state index in [0.29, 0.717) is 5.82 Å². The number of hydrogen-bond acceptors (Lipinski definition) is 5. The minimum atomic E-state index is -0.539. The van der Waals surface area contributed by atoms with Crippen LogP contribution < -0.4 is 5.32 Å². The largest absolute Gasteiger partial charge is 0.406 e. The molecule has 1 aromatic heterocycles. The number of imidazole rings is 1. The van der Waals surface area contributed by atoms with Crippen molar-refractivity contribution in [3.63, 3.8) is 0 Å². The van der Waals surface area contributed by atoms with Crippen molar-refractivity contribution in [1.29, 1.82) is 0 Å². The van der Waals surface area contributed by atoms with E-state index >= 15 is 0 Å². The molecule has 8 heteroatoms. The monoisotopic (exact) mass is 281 g/mol. The highest BCUT2D eigenvalue weighted by molar-refractivity contribution is 5.84. The molecule has 20 heavy (non-hydrogen) atoms. The second-order valence-electron chi connectivity index (χ2n) is 5.05. The molecular formula is C12H19N5O3. The molecule has 1 aliphatic heterocycles. The molecule has 1 aromatic rings. The first-order valence-corrected chi connectivity index (χ1v) is 6.65. The molecule has 1 atom stereocenters. The van der Waals surface area contributed by atoms with E-state index in [0.717, 1.165) is 25.9 Å². The number of nitrogens with zero attached hydrogens (tertiary/aromatic N) is 4. The molecular weight excluding hydrogens is 262 g/mol. The first-order valence-electron chi connectivity index (χ1n) is 6.65. The topological polar surface area (TPSA) is 93.3 Å². The number of nitro groups is 1. The molecule has 1 N–H and O–H groups in total. The van der Waals surface area contributed by atoms with Crippen LogP contribution in [-0.2, 0) is 11.8 Å². The number of hydrogen-bond donors (Lipinski definition) is 1. The number of anilines is 1. The van der Waals surface area contributed by atoms with Gasteiger partial charge in [0.2, 0.25) is 17.5 Å². The lowest BCUT2D eigenvalue weighted by atomic mass is 10.3. The number of aromatic nitrogens is 2. The lowest BCUT2D eigenvalue weighted by Crippen LogP contribution is -2.40. The second kappa shape index (κ2) is 5.48. The summed E-state index contributed by atoms with van der Waals surface area (Å²) >= 11 is 0. The van der Waals surface area contributed by atoms with Gasteiger partial charge in [0.05, 0.1) is 0 Å². The van der Waals surface area contributed by atoms with Crippen molar-refractivity contribution in [2.24, 2.45) is 7.05 Å². The highest BCUT2D eigenvalue weighted by Gasteiger charge is 2.29. The van der Waals surface area contributed by atoms with E-state index in [2.05, 4.69) is 10.3 Å². The number of aryl methyl sites for hydroxylation is 1. The quantitative estimate of drug-likeness (QED) is 0.658. The molecule has 0 aromatic carbocycles. The molecule has 1 amide bonds. The normalized spacial score (nSPS) is 16.2. The van der Waals surface area contributed by atoms with Crippen LogP contribution in [0.25, 0.3) is 0 Å². The average molecular weight is 281 g/mol. The summed E-state index contributed by atoms with van der Waals surface area (Å²) in [6.07, 6.45) is 2.03. The number of amides is 1. The molecule has 0 aliphatic carbocycles. The molecule has 8 nitrogen and oxygen atoms in total. The molecule has 1 saturated heterocycles.